The SMILES string of the molecule is CCC(=O)N(C)c1ccccc1C(=O)NCC(O)(CC)CC. The van der Waals surface area contributed by atoms with Crippen LogP contribution in [0.4, 0.5) is 5.69 Å². The van der Waals surface area contributed by atoms with E-state index in [1.54, 1.807) is 38.2 Å². The molecule has 0 atom stereocenters. The van der Waals surface area contributed by atoms with Crippen molar-refractivity contribution in [3.05, 3.63) is 29.8 Å². The molecule has 5 nitrogen and oxygen atoms in total. The Labute approximate surface area is 132 Å². The number of carbonyl (C=O) groups is 2. The average Bonchev–Trinajstić information content (AvgIpc) is 2.57. The third-order valence-electron chi connectivity index (χ3n) is 4.08. The standard InChI is InChI=1S/C17H26N2O3/c1-5-15(20)19(4)14-11-9-8-10-13(14)16(21)18-12-17(22,6-2)7-3/h8-11,22H,5-7,12H2,1-4H3,(H,18,21). The molecule has 122 valence electrons. The summed E-state index contributed by atoms with van der Waals surface area (Å²) < 4.78 is 0. The van der Waals surface area contributed by atoms with Gasteiger partial charge in [0, 0.05) is 20.0 Å². The predicted molar refractivity (Wildman–Crippen MR) is 88.0 cm³/mol. The number of nitrogens with zero attached hydrogens (tertiary/aromatic N) is 1. The summed E-state index contributed by atoms with van der Waals surface area (Å²) in [5.41, 5.74) is 0.111. The van der Waals surface area contributed by atoms with Gasteiger partial charge < -0.3 is 15.3 Å². The Morgan fingerprint density at radius 3 is 2.32 bits per heavy atom. The van der Waals surface area contributed by atoms with Crippen LogP contribution in [0, 0.1) is 0 Å². The van der Waals surface area contributed by atoms with E-state index in [1.165, 1.54) is 4.90 Å². The lowest BCUT2D eigenvalue weighted by Crippen LogP contribution is -2.42. The van der Waals surface area contributed by atoms with E-state index in [0.29, 0.717) is 30.5 Å². The number of carbonyl (C=O) groups excluding carboxylic acids is 2. The third kappa shape index (κ3) is 4.31. The van der Waals surface area contributed by atoms with Crippen molar-refractivity contribution in [1.82, 2.24) is 5.32 Å². The quantitative estimate of drug-likeness (QED) is 0.812. The van der Waals surface area contributed by atoms with E-state index >= 15 is 0 Å². The largest absolute Gasteiger partial charge is 0.388 e. The molecule has 0 aliphatic heterocycles. The second-order valence-electron chi connectivity index (χ2n) is 5.44. The number of nitrogens with one attached hydrogen (secondary N) is 1. The molecule has 0 saturated heterocycles. The van der Waals surface area contributed by atoms with Gasteiger partial charge >= 0.3 is 0 Å². The summed E-state index contributed by atoms with van der Waals surface area (Å²) in [5, 5.41) is 13.0. The molecule has 0 unspecified atom stereocenters. The van der Waals surface area contributed by atoms with Gasteiger partial charge in [0.2, 0.25) is 5.91 Å². The van der Waals surface area contributed by atoms with Crippen LogP contribution in [0.1, 0.15) is 50.4 Å². The second-order valence-corrected chi connectivity index (χ2v) is 5.44. The molecule has 0 spiro atoms. The first-order valence-corrected chi connectivity index (χ1v) is 7.74. The molecule has 0 radical (unpaired) electrons. The lowest BCUT2D eigenvalue weighted by Gasteiger charge is -2.26. The van der Waals surface area contributed by atoms with Gasteiger partial charge in [-0.15, -0.1) is 0 Å². The van der Waals surface area contributed by atoms with E-state index in [-0.39, 0.29) is 18.4 Å². The fourth-order valence-corrected chi connectivity index (χ4v) is 2.17. The fraction of sp³-hybridized carbons (Fsp3) is 0.529. The zero-order valence-corrected chi connectivity index (χ0v) is 13.8. The molecule has 0 aliphatic carbocycles. The first-order valence-electron chi connectivity index (χ1n) is 7.74. The molecule has 1 aromatic carbocycles. The van der Waals surface area contributed by atoms with Crippen LogP contribution >= 0.6 is 0 Å². The zero-order chi connectivity index (χ0) is 16.8. The van der Waals surface area contributed by atoms with E-state index in [9.17, 15) is 14.7 Å². The Morgan fingerprint density at radius 1 is 1.18 bits per heavy atom. The van der Waals surface area contributed by atoms with Crippen LogP contribution in [0.25, 0.3) is 0 Å². The van der Waals surface area contributed by atoms with Gasteiger partial charge in [0.15, 0.2) is 0 Å². The van der Waals surface area contributed by atoms with Crippen LogP contribution in [0.15, 0.2) is 24.3 Å². The summed E-state index contributed by atoms with van der Waals surface area (Å²) in [6.45, 7) is 5.75. The molecule has 0 bridgehead atoms. The molecule has 0 saturated carbocycles. The van der Waals surface area contributed by atoms with E-state index in [1.807, 2.05) is 13.8 Å². The number of rotatable bonds is 7. The molecule has 0 aliphatic rings. The highest BCUT2D eigenvalue weighted by molar-refractivity contribution is 6.04. The first kappa shape index (κ1) is 18.2. The van der Waals surface area contributed by atoms with Crippen LogP contribution in [-0.4, -0.2) is 36.1 Å². The van der Waals surface area contributed by atoms with Crippen molar-refractivity contribution in [1.29, 1.82) is 0 Å². The van der Waals surface area contributed by atoms with Gasteiger partial charge in [-0.2, -0.15) is 0 Å². The summed E-state index contributed by atoms with van der Waals surface area (Å²) in [5.74, 6) is -0.342. The highest BCUT2D eigenvalue weighted by atomic mass is 16.3. The van der Waals surface area contributed by atoms with Crippen LogP contribution in [0.5, 0.6) is 0 Å². The van der Waals surface area contributed by atoms with Crippen LogP contribution in [-0.2, 0) is 4.79 Å². The van der Waals surface area contributed by atoms with Gasteiger partial charge in [-0.05, 0) is 25.0 Å². The highest BCUT2D eigenvalue weighted by Gasteiger charge is 2.24. The molecule has 5 heteroatoms. The van der Waals surface area contributed by atoms with Crippen molar-refractivity contribution in [2.24, 2.45) is 0 Å². The topological polar surface area (TPSA) is 69.6 Å². The van der Waals surface area contributed by atoms with E-state index in [4.69, 9.17) is 0 Å². The van der Waals surface area contributed by atoms with Crippen LogP contribution in [0.3, 0.4) is 0 Å². The highest BCUT2D eigenvalue weighted by Crippen LogP contribution is 2.20. The maximum Gasteiger partial charge on any atom is 0.253 e. The summed E-state index contributed by atoms with van der Waals surface area (Å²) in [6, 6.07) is 6.98. The van der Waals surface area contributed by atoms with Gasteiger partial charge in [0.1, 0.15) is 0 Å². The lowest BCUT2D eigenvalue weighted by atomic mass is 9.97. The van der Waals surface area contributed by atoms with Crippen molar-refractivity contribution in [3.8, 4) is 0 Å². The minimum atomic E-state index is -0.893. The van der Waals surface area contributed by atoms with Gasteiger partial charge in [-0.25, -0.2) is 0 Å². The normalized spacial score (nSPS) is 11.1. The summed E-state index contributed by atoms with van der Waals surface area (Å²) in [6.07, 6.45) is 1.51. The Bertz CT molecular complexity index is 524. The van der Waals surface area contributed by atoms with Gasteiger partial charge in [0.25, 0.3) is 5.91 Å². The van der Waals surface area contributed by atoms with Crippen molar-refractivity contribution in [2.45, 2.75) is 45.6 Å². The van der Waals surface area contributed by atoms with Crippen molar-refractivity contribution in [3.63, 3.8) is 0 Å². The summed E-state index contributed by atoms with van der Waals surface area (Å²) in [4.78, 5) is 25.7. The molecule has 1 rings (SSSR count). The smallest absolute Gasteiger partial charge is 0.253 e. The fourth-order valence-electron chi connectivity index (χ4n) is 2.17. The molecule has 0 heterocycles. The molecular weight excluding hydrogens is 280 g/mol. The lowest BCUT2D eigenvalue weighted by molar-refractivity contribution is -0.118. The molecule has 22 heavy (non-hydrogen) atoms. The maximum atomic E-state index is 12.4. The zero-order valence-electron chi connectivity index (χ0n) is 13.8. The molecular formula is C17H26N2O3. The molecule has 1 aromatic rings. The number of anilines is 1. The third-order valence-corrected chi connectivity index (χ3v) is 4.08. The number of aliphatic hydroxyl groups is 1. The molecule has 2 N–H and O–H groups in total. The van der Waals surface area contributed by atoms with Crippen molar-refractivity contribution in [2.75, 3.05) is 18.5 Å². The minimum absolute atomic E-state index is 0.0566. The number of hydrogen-bond acceptors (Lipinski definition) is 3. The first-order chi connectivity index (χ1) is 10.4. The Kier molecular flexibility index (Phi) is 6.56. The monoisotopic (exact) mass is 306 g/mol. The average molecular weight is 306 g/mol. The van der Waals surface area contributed by atoms with Crippen LogP contribution in [0.2, 0.25) is 0 Å². The number of amides is 2. The number of hydrogen-bond donors (Lipinski definition) is 2. The Morgan fingerprint density at radius 2 is 1.77 bits per heavy atom. The number of para-hydroxylation sites is 1. The van der Waals surface area contributed by atoms with E-state index < -0.39 is 5.60 Å². The molecule has 2 amide bonds. The van der Waals surface area contributed by atoms with Crippen molar-refractivity contribution < 1.29 is 14.7 Å². The minimum Gasteiger partial charge on any atom is -0.388 e. The van der Waals surface area contributed by atoms with E-state index in [2.05, 4.69) is 5.32 Å². The predicted octanol–water partition coefficient (Wildman–Crippen LogP) is 2.34. The second kappa shape index (κ2) is 7.94. The van der Waals surface area contributed by atoms with Gasteiger partial charge in [0.05, 0.1) is 16.9 Å². The van der Waals surface area contributed by atoms with Gasteiger partial charge in [-0.1, -0.05) is 32.9 Å². The Hall–Kier alpha value is -1.88. The maximum absolute atomic E-state index is 12.4. The van der Waals surface area contributed by atoms with Gasteiger partial charge in [-0.3, -0.25) is 9.59 Å². The summed E-state index contributed by atoms with van der Waals surface area (Å²) >= 11 is 0. The van der Waals surface area contributed by atoms with Crippen molar-refractivity contribution >= 4 is 17.5 Å². The number of benzene rings is 1. The van der Waals surface area contributed by atoms with E-state index in [0.717, 1.165) is 0 Å². The summed E-state index contributed by atoms with van der Waals surface area (Å²) in [7, 11) is 1.66. The molecule has 0 fully saturated rings. The van der Waals surface area contributed by atoms with Crippen LogP contribution < -0.4 is 10.2 Å². The molecule has 0 aromatic heterocycles. The Balaban J connectivity index is 2.93.